The highest BCUT2D eigenvalue weighted by atomic mass is 16.7. The molecule has 3 atom stereocenters. The topological polar surface area (TPSA) is 102 Å². The highest BCUT2D eigenvalue weighted by molar-refractivity contribution is 5.86. The minimum atomic E-state index is -1.55. The van der Waals surface area contributed by atoms with Crippen LogP contribution in [0.5, 0.6) is 0 Å². The van der Waals surface area contributed by atoms with Crippen LogP contribution in [-0.4, -0.2) is 60.5 Å². The monoisotopic (exact) mass is 537 g/mol. The maximum absolute atomic E-state index is 14.3. The maximum atomic E-state index is 14.3. The zero-order chi connectivity index (χ0) is 27.9. The van der Waals surface area contributed by atoms with Gasteiger partial charge in [-0.15, -0.1) is 0 Å². The Morgan fingerprint density at radius 2 is 1.46 bits per heavy atom. The molecule has 0 amide bonds. The molecule has 0 saturated carbocycles. The van der Waals surface area contributed by atoms with Crippen LogP contribution >= 0.6 is 0 Å². The second-order valence-electron chi connectivity index (χ2n) is 10.7. The minimum absolute atomic E-state index is 0.136. The fourth-order valence-electron chi connectivity index (χ4n) is 7.01. The first-order chi connectivity index (χ1) is 18.9. The largest absolute Gasteiger partial charge is 0.554 e. The molecule has 2 aromatic rings. The van der Waals surface area contributed by atoms with E-state index in [1.807, 2.05) is 60.7 Å². The molecule has 5 rings (SSSR count). The molecule has 3 unspecified atom stereocenters. The Hall–Kier alpha value is -3.23. The van der Waals surface area contributed by atoms with Crippen LogP contribution in [0.4, 0.5) is 0 Å². The zero-order valence-electron chi connectivity index (χ0n) is 22.8. The summed E-state index contributed by atoms with van der Waals surface area (Å²) in [4.78, 5) is 34.6. The highest BCUT2D eigenvalue weighted by Gasteiger charge is 2.57. The average Bonchev–Trinajstić information content (AvgIpc) is 3.49. The maximum Gasteiger partial charge on any atom is 0.348 e. The van der Waals surface area contributed by atoms with Gasteiger partial charge in [0.25, 0.3) is 0 Å². The predicted octanol–water partition coefficient (Wildman–Crippen LogP) is 3.46. The van der Waals surface area contributed by atoms with Crippen molar-refractivity contribution in [3.05, 3.63) is 71.8 Å². The van der Waals surface area contributed by atoms with Gasteiger partial charge < -0.3 is 28.6 Å². The van der Waals surface area contributed by atoms with Crippen molar-refractivity contribution < 1.29 is 38.2 Å². The number of carboxylic acid groups (broad SMARTS) is 1. The van der Waals surface area contributed by atoms with E-state index < -0.39 is 24.3 Å². The number of hydrogen-bond acceptors (Lipinski definition) is 7. The molecule has 3 saturated heterocycles. The lowest BCUT2D eigenvalue weighted by Crippen LogP contribution is -2.60. The van der Waals surface area contributed by atoms with Crippen LogP contribution in [0.1, 0.15) is 69.9 Å². The van der Waals surface area contributed by atoms with Gasteiger partial charge in [-0.25, -0.2) is 4.79 Å². The van der Waals surface area contributed by atoms with Gasteiger partial charge in [-0.3, -0.25) is 4.79 Å². The smallest absolute Gasteiger partial charge is 0.348 e. The summed E-state index contributed by atoms with van der Waals surface area (Å²) in [6, 6.07) is 20.0. The van der Waals surface area contributed by atoms with Gasteiger partial charge in [0.05, 0.1) is 25.2 Å². The SMILES string of the molecule is CCC(=O)OC(C)OC(C(=O)OC1CC2CCC(C1)[N+]21CCCC1)(c1ccccc1)c1ccccc1.O=C[O-]. The summed E-state index contributed by atoms with van der Waals surface area (Å²) >= 11 is 0. The normalized spacial score (nSPS) is 23.8. The van der Waals surface area contributed by atoms with Crippen molar-refractivity contribution in [2.45, 2.75) is 88.9 Å². The Morgan fingerprint density at radius 3 is 1.92 bits per heavy atom. The van der Waals surface area contributed by atoms with Gasteiger partial charge in [0, 0.05) is 51.4 Å². The fraction of sp³-hybridized carbons (Fsp3) is 0.516. The fourth-order valence-corrected chi connectivity index (χ4v) is 7.01. The molecule has 3 fully saturated rings. The number of hydrogen-bond donors (Lipinski definition) is 0. The van der Waals surface area contributed by atoms with Crippen molar-refractivity contribution in [1.29, 1.82) is 0 Å². The van der Waals surface area contributed by atoms with E-state index in [9.17, 15) is 9.59 Å². The Labute approximate surface area is 230 Å². The van der Waals surface area contributed by atoms with Crippen molar-refractivity contribution in [1.82, 2.24) is 0 Å². The van der Waals surface area contributed by atoms with Gasteiger partial charge >= 0.3 is 11.9 Å². The Morgan fingerprint density at radius 1 is 0.974 bits per heavy atom. The second kappa shape index (κ2) is 12.7. The molecule has 2 bridgehead atoms. The molecule has 0 radical (unpaired) electrons. The van der Waals surface area contributed by atoms with Crippen molar-refractivity contribution in [3.63, 3.8) is 0 Å². The Kier molecular flexibility index (Phi) is 9.40. The molecule has 8 heteroatoms. The summed E-state index contributed by atoms with van der Waals surface area (Å²) in [5.41, 5.74) is -0.239. The molecule has 3 heterocycles. The first-order valence-corrected chi connectivity index (χ1v) is 14.0. The van der Waals surface area contributed by atoms with E-state index in [0.717, 1.165) is 12.8 Å². The molecule has 3 aliphatic rings. The lowest BCUT2D eigenvalue weighted by atomic mass is 9.85. The van der Waals surface area contributed by atoms with Crippen molar-refractivity contribution in [2.24, 2.45) is 0 Å². The van der Waals surface area contributed by atoms with Crippen molar-refractivity contribution >= 4 is 18.4 Å². The van der Waals surface area contributed by atoms with Crippen LogP contribution in [0.3, 0.4) is 0 Å². The average molecular weight is 538 g/mol. The summed E-state index contributed by atoms with van der Waals surface area (Å²) in [5, 5.41) is 8.25. The van der Waals surface area contributed by atoms with Gasteiger partial charge in [-0.05, 0) is 18.1 Å². The quantitative estimate of drug-likeness (QED) is 0.220. The number of quaternary nitrogens is 1. The number of carbonyl (C=O) groups is 3. The van der Waals surface area contributed by atoms with E-state index in [1.165, 1.54) is 43.3 Å². The second-order valence-corrected chi connectivity index (χ2v) is 10.7. The molecule has 1 spiro atoms. The van der Waals surface area contributed by atoms with Crippen LogP contribution < -0.4 is 5.11 Å². The van der Waals surface area contributed by atoms with Crippen molar-refractivity contribution in [2.75, 3.05) is 13.1 Å². The van der Waals surface area contributed by atoms with Crippen LogP contribution in [0.25, 0.3) is 0 Å². The lowest BCUT2D eigenvalue weighted by Gasteiger charge is -2.47. The molecule has 3 aliphatic heterocycles. The molecule has 8 nitrogen and oxygen atoms in total. The van der Waals surface area contributed by atoms with Crippen LogP contribution in [0.15, 0.2) is 60.7 Å². The van der Waals surface area contributed by atoms with Gasteiger partial charge in [0.15, 0.2) is 0 Å². The number of esters is 2. The summed E-state index contributed by atoms with van der Waals surface area (Å²) < 4.78 is 19.5. The van der Waals surface area contributed by atoms with Crippen LogP contribution in [0.2, 0.25) is 0 Å². The third-order valence-corrected chi connectivity index (χ3v) is 8.61. The molecule has 39 heavy (non-hydrogen) atoms. The number of rotatable bonds is 8. The highest BCUT2D eigenvalue weighted by Crippen LogP contribution is 2.47. The van der Waals surface area contributed by atoms with Gasteiger partial charge in [0.2, 0.25) is 11.9 Å². The van der Waals surface area contributed by atoms with Crippen molar-refractivity contribution in [3.8, 4) is 0 Å². The molecular weight excluding hydrogens is 498 g/mol. The van der Waals surface area contributed by atoms with E-state index in [4.69, 9.17) is 24.1 Å². The first kappa shape index (κ1) is 28.8. The van der Waals surface area contributed by atoms with Crippen LogP contribution in [-0.2, 0) is 34.2 Å². The summed E-state index contributed by atoms with van der Waals surface area (Å²) in [6.45, 7) is 5.44. The number of carbonyl (C=O) groups excluding carboxylic acids is 3. The Balaban J connectivity index is 0.00000112. The molecule has 2 aromatic carbocycles. The minimum Gasteiger partial charge on any atom is -0.554 e. The third kappa shape index (κ3) is 5.87. The van der Waals surface area contributed by atoms with E-state index in [1.54, 1.807) is 13.8 Å². The van der Waals surface area contributed by atoms with E-state index in [2.05, 4.69) is 0 Å². The predicted molar refractivity (Wildman–Crippen MR) is 142 cm³/mol. The molecule has 0 N–H and O–H groups in total. The lowest BCUT2D eigenvalue weighted by molar-refractivity contribution is -0.956. The molecular formula is C31H39NO7. The molecule has 0 aromatic heterocycles. The zero-order valence-corrected chi connectivity index (χ0v) is 22.8. The number of piperidine rings is 1. The van der Waals surface area contributed by atoms with E-state index in [0.29, 0.717) is 23.2 Å². The Bertz CT molecular complexity index is 1040. The number of ether oxygens (including phenoxy) is 3. The number of benzene rings is 2. The molecule has 0 aliphatic carbocycles. The van der Waals surface area contributed by atoms with E-state index in [-0.39, 0.29) is 18.5 Å². The van der Waals surface area contributed by atoms with Gasteiger partial charge in [-0.1, -0.05) is 67.6 Å². The first-order valence-electron chi connectivity index (χ1n) is 14.0. The van der Waals surface area contributed by atoms with Crippen LogP contribution in [0, 0.1) is 0 Å². The summed E-state index contributed by atoms with van der Waals surface area (Å²) in [7, 11) is 0. The standard InChI is InChI=1S/C30H38NO5.CH2O2/c1-3-28(32)34-22(2)36-30(23-12-6-4-7-13-23,24-14-8-5-9-15-24)29(33)35-27-20-25-16-17-26(21-27)31(25)18-10-11-19-31;2-1-3/h4-9,12-15,22,25-27H,3,10-11,16-21H2,1-2H3;1H,(H,2,3)/q+1;/p-1. The summed E-state index contributed by atoms with van der Waals surface area (Å²) in [6.07, 6.45) is 6.03. The third-order valence-electron chi connectivity index (χ3n) is 8.61. The summed E-state index contributed by atoms with van der Waals surface area (Å²) in [5.74, 6) is -0.826. The molecule has 210 valence electrons. The van der Waals surface area contributed by atoms with Gasteiger partial charge in [0.1, 0.15) is 6.10 Å². The number of nitrogens with zero attached hydrogens (tertiary/aromatic N) is 1. The van der Waals surface area contributed by atoms with Gasteiger partial charge in [-0.2, -0.15) is 0 Å². The van der Waals surface area contributed by atoms with E-state index >= 15 is 0 Å².